The summed E-state index contributed by atoms with van der Waals surface area (Å²) in [5.41, 5.74) is 0.613. The van der Waals surface area contributed by atoms with E-state index in [9.17, 15) is 9.18 Å². The van der Waals surface area contributed by atoms with Crippen molar-refractivity contribution in [3.05, 3.63) is 35.1 Å². The van der Waals surface area contributed by atoms with Crippen molar-refractivity contribution in [3.8, 4) is 0 Å². The lowest BCUT2D eigenvalue weighted by atomic mass is 10.1. The quantitative estimate of drug-likeness (QED) is 0.814. The van der Waals surface area contributed by atoms with Crippen LogP contribution in [0.2, 0.25) is 0 Å². The van der Waals surface area contributed by atoms with Gasteiger partial charge in [-0.2, -0.15) is 0 Å². The van der Waals surface area contributed by atoms with Crippen molar-refractivity contribution in [1.29, 1.82) is 0 Å². The summed E-state index contributed by atoms with van der Waals surface area (Å²) in [4.78, 5) is 11.6. The van der Waals surface area contributed by atoms with Crippen LogP contribution in [0.25, 0.3) is 0 Å². The Labute approximate surface area is 89.5 Å². The smallest absolute Gasteiger partial charge is 0.254 e. The molecule has 3 heteroatoms. The van der Waals surface area contributed by atoms with Gasteiger partial charge in [-0.25, -0.2) is 4.39 Å². The highest BCUT2D eigenvalue weighted by atomic mass is 19.1. The highest BCUT2D eigenvalue weighted by Gasteiger charge is 2.14. The van der Waals surface area contributed by atoms with Crippen molar-refractivity contribution >= 4 is 5.91 Å². The van der Waals surface area contributed by atoms with Gasteiger partial charge in [0.1, 0.15) is 5.82 Å². The zero-order valence-electron chi connectivity index (χ0n) is 9.30. The summed E-state index contributed by atoms with van der Waals surface area (Å²) in [5, 5.41) is 2.73. The first-order valence-electron chi connectivity index (χ1n) is 5.12. The lowest BCUT2D eigenvalue weighted by Gasteiger charge is -2.12. The molecule has 1 aromatic rings. The van der Waals surface area contributed by atoms with E-state index in [1.807, 2.05) is 13.8 Å². The van der Waals surface area contributed by atoms with E-state index >= 15 is 0 Å². The maximum absolute atomic E-state index is 13.5. The third-order valence-corrected chi connectivity index (χ3v) is 2.43. The highest BCUT2D eigenvalue weighted by Crippen LogP contribution is 2.11. The SMILES string of the molecule is CCC(C)NC(=O)c1cccc(C)c1F. The molecule has 0 aliphatic carbocycles. The monoisotopic (exact) mass is 209 g/mol. The van der Waals surface area contributed by atoms with E-state index < -0.39 is 5.82 Å². The van der Waals surface area contributed by atoms with Gasteiger partial charge < -0.3 is 5.32 Å². The molecule has 2 nitrogen and oxygen atoms in total. The molecule has 0 fully saturated rings. The number of carbonyl (C=O) groups is 1. The summed E-state index contributed by atoms with van der Waals surface area (Å²) >= 11 is 0. The molecule has 0 saturated carbocycles. The third-order valence-electron chi connectivity index (χ3n) is 2.43. The first-order valence-corrected chi connectivity index (χ1v) is 5.12. The van der Waals surface area contributed by atoms with Crippen molar-refractivity contribution in [1.82, 2.24) is 5.32 Å². The summed E-state index contributed by atoms with van der Waals surface area (Å²) in [6.45, 7) is 5.51. The Morgan fingerprint density at radius 1 is 1.53 bits per heavy atom. The van der Waals surface area contributed by atoms with Crippen LogP contribution in [0.5, 0.6) is 0 Å². The Morgan fingerprint density at radius 2 is 2.20 bits per heavy atom. The highest BCUT2D eigenvalue weighted by molar-refractivity contribution is 5.94. The first-order chi connectivity index (χ1) is 7.06. The molecule has 1 unspecified atom stereocenters. The van der Waals surface area contributed by atoms with Crippen LogP contribution in [0.15, 0.2) is 18.2 Å². The minimum Gasteiger partial charge on any atom is -0.350 e. The molecule has 0 radical (unpaired) electrons. The molecule has 0 saturated heterocycles. The Bertz CT molecular complexity index is 363. The molecular formula is C12H16FNO. The second kappa shape index (κ2) is 4.91. The molecule has 0 heterocycles. The van der Waals surface area contributed by atoms with Gasteiger partial charge in [-0.15, -0.1) is 0 Å². The zero-order valence-corrected chi connectivity index (χ0v) is 9.30. The van der Waals surface area contributed by atoms with Gasteiger partial charge in [0.05, 0.1) is 5.56 Å². The minimum atomic E-state index is -0.432. The fraction of sp³-hybridized carbons (Fsp3) is 0.417. The van der Waals surface area contributed by atoms with Gasteiger partial charge in [-0.05, 0) is 31.9 Å². The van der Waals surface area contributed by atoms with E-state index in [0.29, 0.717) is 5.56 Å². The lowest BCUT2D eigenvalue weighted by Crippen LogP contribution is -2.32. The van der Waals surface area contributed by atoms with Crippen LogP contribution in [-0.4, -0.2) is 11.9 Å². The van der Waals surface area contributed by atoms with E-state index in [4.69, 9.17) is 0 Å². The summed E-state index contributed by atoms with van der Waals surface area (Å²) in [6, 6.07) is 4.90. The fourth-order valence-electron chi connectivity index (χ4n) is 1.23. The van der Waals surface area contributed by atoms with Crippen LogP contribution in [0.1, 0.15) is 36.2 Å². The molecule has 1 N–H and O–H groups in total. The summed E-state index contributed by atoms with van der Waals surface area (Å²) in [6.07, 6.45) is 0.833. The first kappa shape index (κ1) is 11.7. The number of aryl methyl sites for hydroxylation is 1. The molecule has 15 heavy (non-hydrogen) atoms. The maximum Gasteiger partial charge on any atom is 0.254 e. The van der Waals surface area contributed by atoms with Crippen molar-refractivity contribution in [3.63, 3.8) is 0 Å². The van der Waals surface area contributed by atoms with Crippen LogP contribution >= 0.6 is 0 Å². The number of hydrogen-bond donors (Lipinski definition) is 1. The van der Waals surface area contributed by atoms with Gasteiger partial charge in [0.2, 0.25) is 0 Å². The Hall–Kier alpha value is -1.38. The van der Waals surface area contributed by atoms with Gasteiger partial charge in [0.25, 0.3) is 5.91 Å². The van der Waals surface area contributed by atoms with E-state index in [0.717, 1.165) is 6.42 Å². The van der Waals surface area contributed by atoms with Crippen LogP contribution in [0.4, 0.5) is 4.39 Å². The summed E-state index contributed by atoms with van der Waals surface area (Å²) < 4.78 is 13.5. The molecule has 0 aromatic heterocycles. The standard InChI is InChI=1S/C12H16FNO/c1-4-9(3)14-12(15)10-7-5-6-8(2)11(10)13/h5-7,9H,4H2,1-3H3,(H,14,15). The number of carbonyl (C=O) groups excluding carboxylic acids is 1. The van der Waals surface area contributed by atoms with Crippen LogP contribution in [0.3, 0.4) is 0 Å². The second-order valence-electron chi connectivity index (χ2n) is 3.72. The number of rotatable bonds is 3. The van der Waals surface area contributed by atoms with E-state index in [1.165, 1.54) is 6.07 Å². The van der Waals surface area contributed by atoms with E-state index in [2.05, 4.69) is 5.32 Å². The molecule has 0 aliphatic rings. The summed E-state index contributed by atoms with van der Waals surface area (Å²) in [7, 11) is 0. The van der Waals surface area contributed by atoms with Crippen molar-refractivity contribution in [2.75, 3.05) is 0 Å². The predicted octanol–water partition coefficient (Wildman–Crippen LogP) is 2.66. The molecule has 0 bridgehead atoms. The molecule has 0 spiro atoms. The number of amides is 1. The van der Waals surface area contributed by atoms with Crippen LogP contribution < -0.4 is 5.32 Å². The number of benzene rings is 1. The Balaban J connectivity index is 2.87. The normalized spacial score (nSPS) is 12.3. The van der Waals surface area contributed by atoms with Crippen molar-refractivity contribution < 1.29 is 9.18 Å². The number of hydrogen-bond acceptors (Lipinski definition) is 1. The molecule has 1 rings (SSSR count). The molecule has 1 amide bonds. The van der Waals surface area contributed by atoms with Crippen LogP contribution in [0, 0.1) is 12.7 Å². The molecule has 0 aliphatic heterocycles. The fourth-order valence-corrected chi connectivity index (χ4v) is 1.23. The topological polar surface area (TPSA) is 29.1 Å². The maximum atomic E-state index is 13.5. The van der Waals surface area contributed by atoms with Gasteiger partial charge in [0.15, 0.2) is 0 Å². The Kier molecular flexibility index (Phi) is 3.83. The molecular weight excluding hydrogens is 193 g/mol. The average Bonchev–Trinajstić information content (AvgIpc) is 2.21. The van der Waals surface area contributed by atoms with E-state index in [-0.39, 0.29) is 17.5 Å². The van der Waals surface area contributed by atoms with Gasteiger partial charge in [-0.3, -0.25) is 4.79 Å². The zero-order chi connectivity index (χ0) is 11.4. The lowest BCUT2D eigenvalue weighted by molar-refractivity contribution is 0.0935. The number of halogens is 1. The van der Waals surface area contributed by atoms with Gasteiger partial charge in [0, 0.05) is 6.04 Å². The second-order valence-corrected chi connectivity index (χ2v) is 3.72. The molecule has 82 valence electrons. The third kappa shape index (κ3) is 2.78. The largest absolute Gasteiger partial charge is 0.350 e. The Morgan fingerprint density at radius 3 is 2.80 bits per heavy atom. The summed E-state index contributed by atoms with van der Waals surface area (Å²) in [5.74, 6) is -0.774. The van der Waals surface area contributed by atoms with Crippen molar-refractivity contribution in [2.24, 2.45) is 0 Å². The van der Waals surface area contributed by atoms with Crippen molar-refractivity contribution in [2.45, 2.75) is 33.2 Å². The minimum absolute atomic E-state index is 0.0670. The van der Waals surface area contributed by atoms with E-state index in [1.54, 1.807) is 19.1 Å². The average molecular weight is 209 g/mol. The molecule has 1 atom stereocenters. The number of nitrogens with one attached hydrogen (secondary N) is 1. The molecule has 1 aromatic carbocycles. The van der Waals surface area contributed by atoms with Crippen LogP contribution in [-0.2, 0) is 0 Å². The predicted molar refractivity (Wildman–Crippen MR) is 58.4 cm³/mol. The van der Waals surface area contributed by atoms with Gasteiger partial charge >= 0.3 is 0 Å². The van der Waals surface area contributed by atoms with Gasteiger partial charge in [-0.1, -0.05) is 19.1 Å².